The summed E-state index contributed by atoms with van der Waals surface area (Å²) in [6.07, 6.45) is 2.37. The van der Waals surface area contributed by atoms with E-state index in [9.17, 15) is 14.7 Å². The van der Waals surface area contributed by atoms with Gasteiger partial charge >= 0.3 is 5.97 Å². The van der Waals surface area contributed by atoms with Crippen molar-refractivity contribution in [3.05, 3.63) is 48.0 Å². The summed E-state index contributed by atoms with van der Waals surface area (Å²) < 4.78 is 43.4. The fourth-order valence-corrected chi connectivity index (χ4v) is 7.35. The standard InChI is InChI=1S/C25H28F2O5/c1-13-9-15-16-11-18(26)17-10-14(28)6-7-24(17,3)25(16,27)20(29)12-23(15,2)21(13)32-22(30)19-5-4-8-31-19/h4-8,10,13,15-16,18,20-21,29H,9,11-12H2,1-3H3/t13-,15+,16+,18+,20+,21-,23+,24+,25+/m1/s1. The van der Waals surface area contributed by atoms with E-state index < -0.39 is 46.8 Å². The minimum absolute atomic E-state index is 0.0761. The molecule has 0 aliphatic heterocycles. The number of carbonyl (C=O) groups excluding carboxylic acids is 2. The van der Waals surface area contributed by atoms with Gasteiger partial charge in [0.05, 0.1) is 12.4 Å². The topological polar surface area (TPSA) is 76.7 Å². The normalized spacial score (nSPS) is 47.3. The predicted octanol–water partition coefficient (Wildman–Crippen LogP) is 4.37. The van der Waals surface area contributed by atoms with Gasteiger partial charge in [-0.15, -0.1) is 0 Å². The van der Waals surface area contributed by atoms with E-state index in [1.165, 1.54) is 30.6 Å². The van der Waals surface area contributed by atoms with Crippen molar-refractivity contribution in [3.63, 3.8) is 0 Å². The lowest BCUT2D eigenvalue weighted by atomic mass is 9.45. The molecule has 0 aromatic carbocycles. The Labute approximate surface area is 185 Å². The van der Waals surface area contributed by atoms with E-state index in [-0.39, 0.29) is 41.8 Å². The van der Waals surface area contributed by atoms with Crippen molar-refractivity contribution in [2.45, 2.75) is 64.1 Å². The number of halogens is 2. The summed E-state index contributed by atoms with van der Waals surface area (Å²) in [6, 6.07) is 3.11. The number of rotatable bonds is 2. The molecule has 0 bridgehead atoms. The molecule has 3 fully saturated rings. The van der Waals surface area contributed by atoms with Crippen LogP contribution in [-0.4, -0.2) is 40.9 Å². The maximum absolute atomic E-state index is 17.0. The second-order valence-electron chi connectivity index (χ2n) is 10.5. The van der Waals surface area contributed by atoms with Gasteiger partial charge in [0, 0.05) is 16.7 Å². The van der Waals surface area contributed by atoms with Crippen molar-refractivity contribution in [1.29, 1.82) is 0 Å². The smallest absolute Gasteiger partial charge is 0.374 e. The third-order valence-electron chi connectivity index (χ3n) is 8.81. The van der Waals surface area contributed by atoms with E-state index in [1.807, 2.05) is 13.8 Å². The third-order valence-corrected chi connectivity index (χ3v) is 8.81. The van der Waals surface area contributed by atoms with Crippen molar-refractivity contribution in [1.82, 2.24) is 0 Å². The quantitative estimate of drug-likeness (QED) is 0.683. The molecule has 5 nitrogen and oxygen atoms in total. The first-order valence-electron chi connectivity index (χ1n) is 11.2. The number of allylic oxidation sites excluding steroid dienone is 4. The molecule has 0 unspecified atom stereocenters. The highest BCUT2D eigenvalue weighted by atomic mass is 19.1. The van der Waals surface area contributed by atoms with Gasteiger partial charge in [-0.25, -0.2) is 13.6 Å². The van der Waals surface area contributed by atoms with Crippen LogP contribution in [0.2, 0.25) is 0 Å². The predicted molar refractivity (Wildman–Crippen MR) is 111 cm³/mol. The first-order chi connectivity index (χ1) is 15.0. The number of ether oxygens (including phenoxy) is 1. The Kier molecular flexibility index (Phi) is 4.62. The van der Waals surface area contributed by atoms with Crippen LogP contribution in [0.15, 0.2) is 46.6 Å². The number of alkyl halides is 2. The molecule has 1 N–H and O–H groups in total. The molecule has 9 atom stereocenters. The zero-order chi connectivity index (χ0) is 23.1. The summed E-state index contributed by atoms with van der Waals surface area (Å²) in [5, 5.41) is 11.3. The van der Waals surface area contributed by atoms with Crippen LogP contribution in [0, 0.1) is 28.6 Å². The van der Waals surface area contributed by atoms with Crippen molar-refractivity contribution in [2.75, 3.05) is 0 Å². The van der Waals surface area contributed by atoms with Gasteiger partial charge in [-0.3, -0.25) is 4.79 Å². The summed E-state index contributed by atoms with van der Waals surface area (Å²) in [5.74, 6) is -2.04. The first-order valence-corrected chi connectivity index (χ1v) is 11.2. The van der Waals surface area contributed by atoms with Gasteiger partial charge in [0.15, 0.2) is 11.5 Å². The molecule has 0 radical (unpaired) electrons. The van der Waals surface area contributed by atoms with Gasteiger partial charge in [0.25, 0.3) is 0 Å². The Balaban J connectivity index is 1.53. The molecule has 0 amide bonds. The van der Waals surface area contributed by atoms with Crippen LogP contribution in [-0.2, 0) is 9.53 Å². The van der Waals surface area contributed by atoms with Crippen LogP contribution in [0.1, 0.15) is 50.6 Å². The fraction of sp³-hybridized carbons (Fsp3) is 0.600. The van der Waals surface area contributed by atoms with E-state index >= 15 is 8.78 Å². The van der Waals surface area contributed by atoms with Crippen molar-refractivity contribution in [3.8, 4) is 0 Å². The largest absolute Gasteiger partial charge is 0.457 e. The number of aliphatic hydroxyl groups excluding tert-OH is 1. The molecule has 4 aliphatic rings. The van der Waals surface area contributed by atoms with Crippen molar-refractivity contribution < 1.29 is 32.6 Å². The Bertz CT molecular complexity index is 1020. The number of carbonyl (C=O) groups is 2. The van der Waals surface area contributed by atoms with Gasteiger partial charge in [-0.2, -0.15) is 0 Å². The van der Waals surface area contributed by atoms with Crippen LogP contribution in [0.5, 0.6) is 0 Å². The molecular weight excluding hydrogens is 418 g/mol. The summed E-state index contributed by atoms with van der Waals surface area (Å²) in [5.41, 5.74) is -4.14. The van der Waals surface area contributed by atoms with Crippen LogP contribution in [0.25, 0.3) is 0 Å². The highest BCUT2D eigenvalue weighted by Gasteiger charge is 2.73. The van der Waals surface area contributed by atoms with Crippen molar-refractivity contribution >= 4 is 11.8 Å². The van der Waals surface area contributed by atoms with E-state index in [0.29, 0.717) is 6.42 Å². The number of aliphatic hydroxyl groups is 1. The highest BCUT2D eigenvalue weighted by molar-refractivity contribution is 6.01. The van der Waals surface area contributed by atoms with E-state index in [0.717, 1.165) is 0 Å². The zero-order valence-corrected chi connectivity index (χ0v) is 18.4. The van der Waals surface area contributed by atoms with Gasteiger partial charge in [0.1, 0.15) is 12.3 Å². The summed E-state index contributed by atoms with van der Waals surface area (Å²) in [7, 11) is 0. The van der Waals surface area contributed by atoms with Crippen LogP contribution in [0.4, 0.5) is 8.78 Å². The maximum atomic E-state index is 17.0. The molecule has 32 heavy (non-hydrogen) atoms. The Hall–Kier alpha value is -2.28. The van der Waals surface area contributed by atoms with Gasteiger partial charge in [0.2, 0.25) is 5.76 Å². The molecule has 0 spiro atoms. The Morgan fingerprint density at radius 2 is 2.03 bits per heavy atom. The minimum Gasteiger partial charge on any atom is -0.457 e. The molecule has 1 heterocycles. The number of fused-ring (bicyclic) bond motifs is 5. The lowest BCUT2D eigenvalue weighted by Crippen LogP contribution is -2.68. The number of ketones is 1. The lowest BCUT2D eigenvalue weighted by molar-refractivity contribution is -0.207. The first kappa shape index (κ1) is 21.6. The maximum Gasteiger partial charge on any atom is 0.374 e. The Morgan fingerprint density at radius 3 is 2.72 bits per heavy atom. The SMILES string of the molecule is C[C@@H]1C[C@H]2[C@@H]3C[C@H](F)C4=CC(=O)C=C[C@]4(C)[C@@]3(F)[C@@H](O)C[C@]2(C)[C@@H]1OC(=O)c1ccco1. The second-order valence-corrected chi connectivity index (χ2v) is 10.5. The average Bonchev–Trinajstić information content (AvgIpc) is 3.35. The molecule has 7 heteroatoms. The van der Waals surface area contributed by atoms with E-state index in [2.05, 4.69) is 0 Å². The van der Waals surface area contributed by atoms with E-state index in [4.69, 9.17) is 9.15 Å². The number of furan rings is 1. The number of esters is 1. The molecule has 0 saturated heterocycles. The van der Waals surface area contributed by atoms with Gasteiger partial charge in [-0.1, -0.05) is 19.9 Å². The zero-order valence-electron chi connectivity index (χ0n) is 18.4. The summed E-state index contributed by atoms with van der Waals surface area (Å²) in [4.78, 5) is 24.5. The second kappa shape index (κ2) is 6.86. The third kappa shape index (κ3) is 2.63. The van der Waals surface area contributed by atoms with Crippen LogP contribution in [0.3, 0.4) is 0 Å². The Morgan fingerprint density at radius 1 is 1.28 bits per heavy atom. The molecule has 1 aromatic rings. The number of hydrogen-bond donors (Lipinski definition) is 1. The number of hydrogen-bond acceptors (Lipinski definition) is 5. The molecule has 5 rings (SSSR count). The molecule has 172 valence electrons. The van der Waals surface area contributed by atoms with Gasteiger partial charge in [-0.05, 0) is 67.9 Å². The highest BCUT2D eigenvalue weighted by Crippen LogP contribution is 2.69. The fourth-order valence-electron chi connectivity index (χ4n) is 7.35. The summed E-state index contributed by atoms with van der Waals surface area (Å²) >= 11 is 0. The van der Waals surface area contributed by atoms with E-state index in [1.54, 1.807) is 13.0 Å². The molecular formula is C25H28F2O5. The van der Waals surface area contributed by atoms with Crippen LogP contribution < -0.4 is 0 Å². The summed E-state index contributed by atoms with van der Waals surface area (Å²) in [6.45, 7) is 5.43. The van der Waals surface area contributed by atoms with Crippen molar-refractivity contribution in [2.24, 2.45) is 28.6 Å². The van der Waals surface area contributed by atoms with Gasteiger partial charge < -0.3 is 14.3 Å². The monoisotopic (exact) mass is 446 g/mol. The minimum atomic E-state index is -2.12. The molecule has 4 aliphatic carbocycles. The lowest BCUT2D eigenvalue weighted by Gasteiger charge is -2.62. The van der Waals surface area contributed by atoms with Crippen LogP contribution >= 0.6 is 0 Å². The molecule has 1 aromatic heterocycles. The molecule has 3 saturated carbocycles. The average molecular weight is 446 g/mol.